The van der Waals surface area contributed by atoms with E-state index >= 15 is 0 Å². The third kappa shape index (κ3) is 3.78. The summed E-state index contributed by atoms with van der Waals surface area (Å²) in [4.78, 5) is 24.1. The van der Waals surface area contributed by atoms with Gasteiger partial charge in [-0.2, -0.15) is 0 Å². The lowest BCUT2D eigenvalue weighted by atomic mass is 10.0. The smallest absolute Gasteiger partial charge is 0.270 e. The van der Waals surface area contributed by atoms with Crippen molar-refractivity contribution in [2.75, 3.05) is 31.7 Å². The highest BCUT2D eigenvalue weighted by atomic mass is 16.6. The Morgan fingerprint density at radius 2 is 2.29 bits per heavy atom. The number of hydrogen-bond donors (Lipinski definition) is 0. The van der Waals surface area contributed by atoms with E-state index < -0.39 is 4.92 Å². The van der Waals surface area contributed by atoms with Gasteiger partial charge in [0.1, 0.15) is 0 Å². The molecule has 1 aromatic carbocycles. The van der Waals surface area contributed by atoms with Gasteiger partial charge in [-0.05, 0) is 31.7 Å². The molecule has 1 aliphatic rings. The molecule has 2 rings (SSSR count). The number of ketones is 1. The van der Waals surface area contributed by atoms with Crippen molar-refractivity contribution in [1.82, 2.24) is 0 Å². The summed E-state index contributed by atoms with van der Waals surface area (Å²) in [6.07, 6.45) is 2.16. The molecule has 0 bridgehead atoms. The number of ether oxygens (including phenoxy) is 1. The summed E-state index contributed by atoms with van der Waals surface area (Å²) < 4.78 is 5.46. The maximum absolute atomic E-state index is 11.8. The van der Waals surface area contributed by atoms with Crippen LogP contribution in [0.1, 0.15) is 30.1 Å². The average molecular weight is 292 g/mol. The van der Waals surface area contributed by atoms with Crippen LogP contribution in [-0.2, 0) is 4.74 Å². The number of nitro benzene ring substituents is 1. The Hall–Kier alpha value is -1.95. The van der Waals surface area contributed by atoms with Crippen LogP contribution in [0.3, 0.4) is 0 Å². The third-order valence-electron chi connectivity index (χ3n) is 3.77. The SMILES string of the molecule is CC(=O)c1cc([N+](=O)[O-])ccc1N(C)CC1CCCOC1. The first-order valence-corrected chi connectivity index (χ1v) is 7.07. The summed E-state index contributed by atoms with van der Waals surface area (Å²) in [5, 5.41) is 10.8. The van der Waals surface area contributed by atoms with Crippen LogP contribution in [0, 0.1) is 16.0 Å². The molecule has 1 heterocycles. The minimum atomic E-state index is -0.481. The van der Waals surface area contributed by atoms with Crippen LogP contribution in [0.15, 0.2) is 18.2 Å². The van der Waals surface area contributed by atoms with Gasteiger partial charge >= 0.3 is 0 Å². The summed E-state index contributed by atoms with van der Waals surface area (Å²) in [6, 6.07) is 4.44. The second-order valence-corrected chi connectivity index (χ2v) is 5.48. The van der Waals surface area contributed by atoms with E-state index in [4.69, 9.17) is 4.74 Å². The lowest BCUT2D eigenvalue weighted by Crippen LogP contribution is -2.31. The molecule has 114 valence electrons. The Morgan fingerprint density at radius 3 is 2.86 bits per heavy atom. The fourth-order valence-corrected chi connectivity index (χ4v) is 2.69. The average Bonchev–Trinajstić information content (AvgIpc) is 2.47. The van der Waals surface area contributed by atoms with Crippen molar-refractivity contribution in [3.8, 4) is 0 Å². The van der Waals surface area contributed by atoms with Gasteiger partial charge in [0.25, 0.3) is 5.69 Å². The Morgan fingerprint density at radius 1 is 1.52 bits per heavy atom. The summed E-state index contributed by atoms with van der Waals surface area (Å²) in [6.45, 7) is 3.75. The van der Waals surface area contributed by atoms with Crippen LogP contribution in [-0.4, -0.2) is 37.5 Å². The Labute approximate surface area is 123 Å². The van der Waals surface area contributed by atoms with Crippen LogP contribution in [0.4, 0.5) is 11.4 Å². The van der Waals surface area contributed by atoms with Gasteiger partial charge in [0.15, 0.2) is 5.78 Å². The lowest BCUT2D eigenvalue weighted by molar-refractivity contribution is -0.384. The van der Waals surface area contributed by atoms with E-state index in [1.54, 1.807) is 6.07 Å². The number of nitrogens with zero attached hydrogens (tertiary/aromatic N) is 2. The van der Waals surface area contributed by atoms with E-state index in [1.165, 1.54) is 19.1 Å². The van der Waals surface area contributed by atoms with E-state index in [-0.39, 0.29) is 11.5 Å². The van der Waals surface area contributed by atoms with E-state index in [1.807, 2.05) is 11.9 Å². The first kappa shape index (κ1) is 15.4. The van der Waals surface area contributed by atoms with Crippen LogP contribution in [0.2, 0.25) is 0 Å². The monoisotopic (exact) mass is 292 g/mol. The Balaban J connectivity index is 2.20. The largest absolute Gasteiger partial charge is 0.381 e. The van der Waals surface area contributed by atoms with Crippen LogP contribution in [0.5, 0.6) is 0 Å². The molecule has 1 saturated heterocycles. The van der Waals surface area contributed by atoms with Crippen LogP contribution in [0.25, 0.3) is 0 Å². The van der Waals surface area contributed by atoms with Crippen molar-refractivity contribution in [3.05, 3.63) is 33.9 Å². The van der Waals surface area contributed by atoms with Gasteiger partial charge in [0, 0.05) is 43.6 Å². The normalized spacial score (nSPS) is 18.3. The predicted octanol–water partition coefficient (Wildman–Crippen LogP) is 2.66. The van der Waals surface area contributed by atoms with Crippen molar-refractivity contribution in [2.45, 2.75) is 19.8 Å². The molecule has 0 radical (unpaired) electrons. The van der Waals surface area contributed by atoms with Gasteiger partial charge in [-0.3, -0.25) is 14.9 Å². The number of carbonyl (C=O) groups excluding carboxylic acids is 1. The minimum absolute atomic E-state index is 0.0571. The summed E-state index contributed by atoms with van der Waals surface area (Å²) in [5.41, 5.74) is 1.07. The molecule has 0 saturated carbocycles. The number of carbonyl (C=O) groups is 1. The molecule has 0 amide bonds. The zero-order valence-electron chi connectivity index (χ0n) is 12.4. The fraction of sp³-hybridized carbons (Fsp3) is 0.533. The fourth-order valence-electron chi connectivity index (χ4n) is 2.69. The second-order valence-electron chi connectivity index (χ2n) is 5.48. The topological polar surface area (TPSA) is 72.7 Å². The molecule has 0 spiro atoms. The highest BCUT2D eigenvalue weighted by molar-refractivity contribution is 6.00. The van der Waals surface area contributed by atoms with Gasteiger partial charge in [0.2, 0.25) is 0 Å². The first-order chi connectivity index (χ1) is 9.99. The molecule has 0 aliphatic carbocycles. The minimum Gasteiger partial charge on any atom is -0.381 e. The van der Waals surface area contributed by atoms with Crippen molar-refractivity contribution >= 4 is 17.2 Å². The lowest BCUT2D eigenvalue weighted by Gasteiger charge is -2.29. The zero-order valence-corrected chi connectivity index (χ0v) is 12.4. The van der Waals surface area contributed by atoms with Crippen molar-refractivity contribution in [2.24, 2.45) is 5.92 Å². The number of benzene rings is 1. The molecular formula is C15H20N2O4. The molecule has 21 heavy (non-hydrogen) atoms. The number of anilines is 1. The number of hydrogen-bond acceptors (Lipinski definition) is 5. The van der Waals surface area contributed by atoms with Crippen LogP contribution < -0.4 is 4.90 Å². The molecule has 1 atom stereocenters. The molecule has 1 fully saturated rings. The molecular weight excluding hydrogens is 272 g/mol. The van der Waals surface area contributed by atoms with E-state index in [0.717, 1.165) is 38.3 Å². The number of non-ortho nitro benzene ring substituents is 1. The van der Waals surface area contributed by atoms with E-state index in [0.29, 0.717) is 11.5 Å². The molecule has 0 aromatic heterocycles. The molecule has 1 aromatic rings. The predicted molar refractivity (Wildman–Crippen MR) is 79.9 cm³/mol. The van der Waals surface area contributed by atoms with Gasteiger partial charge in [-0.1, -0.05) is 0 Å². The quantitative estimate of drug-likeness (QED) is 0.474. The standard InChI is InChI=1S/C15H20N2O4/c1-11(18)14-8-13(17(19)20)5-6-15(14)16(2)9-12-4-3-7-21-10-12/h5-6,8,12H,3-4,7,9-10H2,1-2H3. The maximum atomic E-state index is 11.8. The van der Waals surface area contributed by atoms with E-state index in [9.17, 15) is 14.9 Å². The molecule has 6 heteroatoms. The number of nitro groups is 1. The third-order valence-corrected chi connectivity index (χ3v) is 3.77. The molecule has 1 unspecified atom stereocenters. The highest BCUT2D eigenvalue weighted by Crippen LogP contribution is 2.27. The van der Waals surface area contributed by atoms with Gasteiger partial charge in [0.05, 0.1) is 11.5 Å². The Bertz CT molecular complexity index is 538. The molecule has 6 nitrogen and oxygen atoms in total. The van der Waals surface area contributed by atoms with Crippen LogP contribution >= 0.6 is 0 Å². The maximum Gasteiger partial charge on any atom is 0.270 e. The van der Waals surface area contributed by atoms with Crippen molar-refractivity contribution < 1.29 is 14.5 Å². The van der Waals surface area contributed by atoms with Gasteiger partial charge in [-0.25, -0.2) is 0 Å². The highest BCUT2D eigenvalue weighted by Gasteiger charge is 2.20. The zero-order chi connectivity index (χ0) is 15.4. The first-order valence-electron chi connectivity index (χ1n) is 7.07. The summed E-state index contributed by atoms with van der Waals surface area (Å²) in [5.74, 6) is 0.263. The van der Waals surface area contributed by atoms with Gasteiger partial charge < -0.3 is 9.64 Å². The Kier molecular flexibility index (Phi) is 4.90. The molecule has 1 aliphatic heterocycles. The van der Waals surface area contributed by atoms with Crippen molar-refractivity contribution in [3.63, 3.8) is 0 Å². The van der Waals surface area contributed by atoms with Gasteiger partial charge in [-0.15, -0.1) is 0 Å². The second kappa shape index (κ2) is 6.67. The van der Waals surface area contributed by atoms with Crippen molar-refractivity contribution in [1.29, 1.82) is 0 Å². The summed E-state index contributed by atoms with van der Waals surface area (Å²) in [7, 11) is 1.90. The summed E-state index contributed by atoms with van der Waals surface area (Å²) >= 11 is 0. The number of rotatable bonds is 5. The number of Topliss-reactive ketones (excluding diaryl/α,β-unsaturated/α-hetero) is 1. The molecule has 0 N–H and O–H groups in total. The van der Waals surface area contributed by atoms with E-state index in [2.05, 4.69) is 0 Å².